The van der Waals surface area contributed by atoms with E-state index in [4.69, 9.17) is 30.5 Å². The van der Waals surface area contributed by atoms with Crippen LogP contribution in [0.3, 0.4) is 0 Å². The second-order valence-electron chi connectivity index (χ2n) is 5.56. The first-order valence-electron chi connectivity index (χ1n) is 7.96. The molecular formula is C16H24ClNO9. The van der Waals surface area contributed by atoms with Gasteiger partial charge in [0, 0.05) is 40.5 Å². The van der Waals surface area contributed by atoms with Gasteiger partial charge in [0.2, 0.25) is 5.91 Å². The van der Waals surface area contributed by atoms with Crippen molar-refractivity contribution >= 4 is 41.4 Å². The van der Waals surface area contributed by atoms with Crippen LogP contribution < -0.4 is 5.32 Å². The molecule has 0 aliphatic carbocycles. The number of rotatable bonds is 10. The Balaban J connectivity index is 5.96. The van der Waals surface area contributed by atoms with Gasteiger partial charge in [-0.3, -0.25) is 24.0 Å². The number of ether oxygens (including phenoxy) is 4. The lowest BCUT2D eigenvalue weighted by Gasteiger charge is -2.35. The van der Waals surface area contributed by atoms with Crippen molar-refractivity contribution in [3.8, 4) is 0 Å². The molecule has 1 amide bonds. The van der Waals surface area contributed by atoms with Gasteiger partial charge in [-0.1, -0.05) is 0 Å². The van der Waals surface area contributed by atoms with E-state index >= 15 is 0 Å². The standard InChI is InChI=1S/C16H24ClNO9/c1-8(19)18-13(6-17)15(26-11(4)22)16(27-12(5)23)14(25-10(3)21)7-24-9(2)20/h13-16H,6-7H2,1-5H3,(H,18,19)/t13-,14+,15+,16+/m0/s1. The predicted octanol–water partition coefficient (Wildman–Crippen LogP) is 0.0881. The maximum atomic E-state index is 11.6. The van der Waals surface area contributed by atoms with Crippen LogP contribution in [-0.2, 0) is 42.9 Å². The third kappa shape index (κ3) is 10.4. The normalized spacial score (nSPS) is 14.7. The zero-order valence-corrected chi connectivity index (χ0v) is 16.5. The number of nitrogens with one attached hydrogen (secondary N) is 1. The molecule has 0 bridgehead atoms. The zero-order chi connectivity index (χ0) is 21.1. The largest absolute Gasteiger partial charge is 0.462 e. The van der Waals surface area contributed by atoms with Gasteiger partial charge in [0.15, 0.2) is 18.3 Å². The highest BCUT2D eigenvalue weighted by atomic mass is 35.5. The van der Waals surface area contributed by atoms with Gasteiger partial charge in [0.1, 0.15) is 6.61 Å². The molecule has 0 radical (unpaired) electrons. The molecular weight excluding hydrogens is 386 g/mol. The molecule has 0 unspecified atom stereocenters. The molecule has 0 aliphatic rings. The predicted molar refractivity (Wildman–Crippen MR) is 91.6 cm³/mol. The van der Waals surface area contributed by atoms with Crippen molar-refractivity contribution in [1.29, 1.82) is 0 Å². The summed E-state index contributed by atoms with van der Waals surface area (Å²) in [6.45, 7) is 5.16. The quantitative estimate of drug-likeness (QED) is 0.302. The van der Waals surface area contributed by atoms with Gasteiger partial charge in [-0.15, -0.1) is 11.6 Å². The van der Waals surface area contributed by atoms with Crippen LogP contribution >= 0.6 is 11.6 Å². The van der Waals surface area contributed by atoms with E-state index in [0.29, 0.717) is 0 Å². The number of hydrogen-bond donors (Lipinski definition) is 1. The molecule has 0 heterocycles. The summed E-state index contributed by atoms with van der Waals surface area (Å²) < 4.78 is 20.3. The van der Waals surface area contributed by atoms with Crippen molar-refractivity contribution in [3.05, 3.63) is 0 Å². The van der Waals surface area contributed by atoms with Gasteiger partial charge in [0.05, 0.1) is 6.04 Å². The summed E-state index contributed by atoms with van der Waals surface area (Å²) in [6.07, 6.45) is -4.02. The molecule has 0 saturated heterocycles. The van der Waals surface area contributed by atoms with Gasteiger partial charge in [-0.25, -0.2) is 0 Å². The van der Waals surface area contributed by atoms with Crippen LogP contribution in [0.25, 0.3) is 0 Å². The molecule has 0 aromatic rings. The van der Waals surface area contributed by atoms with Crippen LogP contribution in [0.2, 0.25) is 0 Å². The monoisotopic (exact) mass is 409 g/mol. The Morgan fingerprint density at radius 3 is 1.63 bits per heavy atom. The Morgan fingerprint density at radius 1 is 0.778 bits per heavy atom. The SMILES string of the molecule is CC(=O)N[C@@H](CCl)[C@@H](OC(C)=O)[C@H](OC(C)=O)[C@@H](COC(C)=O)OC(C)=O. The Kier molecular flexibility index (Phi) is 11.0. The van der Waals surface area contributed by atoms with Crippen LogP contribution in [-0.4, -0.2) is 66.6 Å². The molecule has 10 nitrogen and oxygen atoms in total. The minimum Gasteiger partial charge on any atom is -0.462 e. The third-order valence-corrected chi connectivity index (χ3v) is 3.35. The van der Waals surface area contributed by atoms with E-state index in [9.17, 15) is 24.0 Å². The summed E-state index contributed by atoms with van der Waals surface area (Å²) in [5.41, 5.74) is 0. The molecule has 0 aromatic carbocycles. The number of alkyl halides is 1. The topological polar surface area (TPSA) is 134 Å². The zero-order valence-electron chi connectivity index (χ0n) is 15.8. The lowest BCUT2D eigenvalue weighted by Crippen LogP contribution is -2.57. The number of esters is 4. The minimum atomic E-state index is -1.40. The molecule has 1 N–H and O–H groups in total. The molecule has 154 valence electrons. The first kappa shape index (κ1) is 24.6. The molecule has 27 heavy (non-hydrogen) atoms. The average Bonchev–Trinajstić information content (AvgIpc) is 2.51. The van der Waals surface area contributed by atoms with E-state index in [2.05, 4.69) is 5.32 Å². The minimum absolute atomic E-state index is 0.213. The van der Waals surface area contributed by atoms with Gasteiger partial charge in [0.25, 0.3) is 0 Å². The number of halogens is 1. The lowest BCUT2D eigenvalue weighted by molar-refractivity contribution is -0.191. The highest BCUT2D eigenvalue weighted by molar-refractivity contribution is 6.18. The van der Waals surface area contributed by atoms with Crippen molar-refractivity contribution in [2.75, 3.05) is 12.5 Å². The van der Waals surface area contributed by atoms with Crippen LogP contribution in [0, 0.1) is 0 Å². The Hall–Kier alpha value is -2.36. The Bertz CT molecular complexity index is 566. The molecule has 0 aromatic heterocycles. The smallest absolute Gasteiger partial charge is 0.303 e. The second-order valence-corrected chi connectivity index (χ2v) is 5.87. The van der Waals surface area contributed by atoms with E-state index in [1.54, 1.807) is 0 Å². The first-order valence-corrected chi connectivity index (χ1v) is 8.49. The maximum Gasteiger partial charge on any atom is 0.303 e. The summed E-state index contributed by atoms with van der Waals surface area (Å²) in [6, 6.07) is -0.979. The fourth-order valence-electron chi connectivity index (χ4n) is 2.19. The summed E-state index contributed by atoms with van der Waals surface area (Å²) in [7, 11) is 0. The Morgan fingerprint density at radius 2 is 1.26 bits per heavy atom. The number of amides is 1. The molecule has 4 atom stereocenters. The molecule has 0 spiro atoms. The Labute approximate surface area is 161 Å². The van der Waals surface area contributed by atoms with E-state index in [0.717, 1.165) is 27.7 Å². The van der Waals surface area contributed by atoms with E-state index in [1.807, 2.05) is 0 Å². The summed E-state index contributed by atoms with van der Waals surface area (Å²) in [4.78, 5) is 57.1. The van der Waals surface area contributed by atoms with E-state index < -0.39 is 60.7 Å². The average molecular weight is 410 g/mol. The first-order chi connectivity index (χ1) is 12.5. The lowest BCUT2D eigenvalue weighted by atomic mass is 10.0. The highest BCUT2D eigenvalue weighted by Gasteiger charge is 2.42. The van der Waals surface area contributed by atoms with Crippen molar-refractivity contribution in [1.82, 2.24) is 5.32 Å². The van der Waals surface area contributed by atoms with Crippen LogP contribution in [0.15, 0.2) is 0 Å². The number of carbonyl (C=O) groups excluding carboxylic acids is 5. The van der Waals surface area contributed by atoms with Crippen molar-refractivity contribution < 1.29 is 42.9 Å². The number of carbonyl (C=O) groups is 5. The summed E-state index contributed by atoms with van der Waals surface area (Å²) >= 11 is 5.87. The molecule has 0 rings (SSSR count). The summed E-state index contributed by atoms with van der Waals surface area (Å²) in [5.74, 6) is -3.67. The fraction of sp³-hybridized carbons (Fsp3) is 0.688. The van der Waals surface area contributed by atoms with Gasteiger partial charge >= 0.3 is 23.9 Å². The van der Waals surface area contributed by atoms with Crippen LogP contribution in [0.1, 0.15) is 34.6 Å². The van der Waals surface area contributed by atoms with Crippen LogP contribution in [0.4, 0.5) is 0 Å². The van der Waals surface area contributed by atoms with Crippen molar-refractivity contribution in [3.63, 3.8) is 0 Å². The fourth-order valence-corrected chi connectivity index (χ4v) is 2.45. The second kappa shape index (κ2) is 12.1. The highest BCUT2D eigenvalue weighted by Crippen LogP contribution is 2.19. The van der Waals surface area contributed by atoms with Crippen molar-refractivity contribution in [2.24, 2.45) is 0 Å². The van der Waals surface area contributed by atoms with Gasteiger partial charge in [-0.05, 0) is 0 Å². The molecule has 0 fully saturated rings. The van der Waals surface area contributed by atoms with Gasteiger partial charge < -0.3 is 24.3 Å². The number of hydrogen-bond acceptors (Lipinski definition) is 9. The molecule has 0 saturated carbocycles. The third-order valence-electron chi connectivity index (χ3n) is 3.01. The van der Waals surface area contributed by atoms with Crippen molar-refractivity contribution in [2.45, 2.75) is 59.0 Å². The van der Waals surface area contributed by atoms with E-state index in [1.165, 1.54) is 6.92 Å². The van der Waals surface area contributed by atoms with E-state index in [-0.39, 0.29) is 5.88 Å². The molecule has 11 heteroatoms. The van der Waals surface area contributed by atoms with Crippen LogP contribution in [0.5, 0.6) is 0 Å². The summed E-state index contributed by atoms with van der Waals surface area (Å²) in [5, 5.41) is 2.47. The maximum absolute atomic E-state index is 11.6. The van der Waals surface area contributed by atoms with Gasteiger partial charge in [-0.2, -0.15) is 0 Å². The molecule has 0 aliphatic heterocycles.